The van der Waals surface area contributed by atoms with Crippen LogP contribution in [0, 0.1) is 0 Å². The van der Waals surface area contributed by atoms with E-state index in [1.807, 2.05) is 0 Å². The molecular formula is C6H9LiMnO7. The van der Waals surface area contributed by atoms with Crippen LogP contribution >= 0.6 is 0 Å². The Morgan fingerprint density at radius 1 is 1.00 bits per heavy atom. The summed E-state index contributed by atoms with van der Waals surface area (Å²) in [5, 5.41) is 33.8. The fourth-order valence-corrected chi connectivity index (χ4v) is 0.714. The molecule has 1 radical (unpaired) electrons. The van der Waals surface area contributed by atoms with Gasteiger partial charge in [0.2, 0.25) is 0 Å². The summed E-state index contributed by atoms with van der Waals surface area (Å²) in [6.07, 6.45) is -2.29. The molecule has 0 fully saturated rings. The number of aliphatic carboxylic acids is 3. The Balaban J connectivity index is -0.000000240. The summed E-state index contributed by atoms with van der Waals surface area (Å²) >= 11 is 0. The summed E-state index contributed by atoms with van der Waals surface area (Å²) < 4.78 is 0. The van der Waals surface area contributed by atoms with Gasteiger partial charge in [-0.05, 0) is 0 Å². The second-order valence-corrected chi connectivity index (χ2v) is 2.48. The molecule has 4 N–H and O–H groups in total. The maximum Gasteiger partial charge on any atom is 1.00 e. The molecule has 0 bridgehead atoms. The number of hydrogen-bond donors (Lipinski definition) is 4. The van der Waals surface area contributed by atoms with Crippen LogP contribution in [-0.2, 0) is 31.5 Å². The average Bonchev–Trinajstić information content (AvgIpc) is 1.82. The molecule has 0 aliphatic heterocycles. The van der Waals surface area contributed by atoms with Gasteiger partial charge in [0.15, 0.2) is 5.60 Å². The predicted octanol–water partition coefficient (Wildman–Crippen LogP) is -4.13. The Bertz CT molecular complexity index is 243. The summed E-state index contributed by atoms with van der Waals surface area (Å²) in [7, 11) is 0. The molecule has 0 aromatic rings. The third-order valence-corrected chi connectivity index (χ3v) is 1.29. The molecule has 0 saturated carbocycles. The summed E-state index contributed by atoms with van der Waals surface area (Å²) in [5.74, 6) is -5.02. The smallest absolute Gasteiger partial charge is 1.00 e. The molecule has 83 valence electrons. The Hall–Kier alpha value is -0.513. The van der Waals surface area contributed by atoms with E-state index in [4.69, 9.17) is 20.4 Å². The summed E-state index contributed by atoms with van der Waals surface area (Å²) in [6, 6.07) is 0. The van der Waals surface area contributed by atoms with Crippen LogP contribution in [0.1, 0.15) is 14.3 Å². The molecule has 0 saturated heterocycles. The molecule has 15 heavy (non-hydrogen) atoms. The zero-order chi connectivity index (χ0) is 10.6. The van der Waals surface area contributed by atoms with Gasteiger partial charge in [0.25, 0.3) is 0 Å². The molecule has 9 heteroatoms. The average molecular weight is 255 g/mol. The van der Waals surface area contributed by atoms with Crippen LogP contribution < -0.4 is 18.9 Å². The van der Waals surface area contributed by atoms with Gasteiger partial charge in [0.1, 0.15) is 0 Å². The molecule has 7 nitrogen and oxygen atoms in total. The van der Waals surface area contributed by atoms with E-state index in [1.54, 1.807) is 0 Å². The SMILES string of the molecule is O=C(O)CC(O)(CC(=O)O)C(=O)O.[H-].[Li+].[Mn]. The molecule has 0 aliphatic carbocycles. The fourth-order valence-electron chi connectivity index (χ4n) is 0.714. The van der Waals surface area contributed by atoms with Crippen molar-refractivity contribution in [3.63, 3.8) is 0 Å². The minimum atomic E-state index is -2.74. The maximum absolute atomic E-state index is 10.3. The quantitative estimate of drug-likeness (QED) is 0.367. The zero-order valence-electron chi connectivity index (χ0n) is 8.81. The van der Waals surface area contributed by atoms with E-state index in [-0.39, 0.29) is 37.4 Å². The maximum atomic E-state index is 10.3. The molecule has 0 spiro atoms. The van der Waals surface area contributed by atoms with Crippen molar-refractivity contribution < 1.29 is 72.2 Å². The number of carbonyl (C=O) groups is 3. The van der Waals surface area contributed by atoms with Gasteiger partial charge in [-0.2, -0.15) is 0 Å². The first-order valence-electron chi connectivity index (χ1n) is 3.17. The Morgan fingerprint density at radius 3 is 1.40 bits per heavy atom. The minimum absolute atomic E-state index is 0. The molecule has 0 aromatic heterocycles. The Kier molecular flexibility index (Phi) is 10.3. The van der Waals surface area contributed by atoms with Gasteiger partial charge >= 0.3 is 36.8 Å². The van der Waals surface area contributed by atoms with Crippen LogP contribution in [0.25, 0.3) is 0 Å². The number of carboxylic acid groups (broad SMARTS) is 3. The van der Waals surface area contributed by atoms with E-state index in [2.05, 4.69) is 0 Å². The summed E-state index contributed by atoms with van der Waals surface area (Å²) in [4.78, 5) is 30.5. The first-order valence-corrected chi connectivity index (χ1v) is 3.17. The van der Waals surface area contributed by atoms with E-state index in [0.29, 0.717) is 0 Å². The fraction of sp³-hybridized carbons (Fsp3) is 0.500. The van der Waals surface area contributed by atoms with Gasteiger partial charge in [0, 0.05) is 17.1 Å². The molecule has 0 amide bonds. The van der Waals surface area contributed by atoms with E-state index >= 15 is 0 Å². The normalized spacial score (nSPS) is 9.40. The van der Waals surface area contributed by atoms with Crippen LogP contribution in [0.4, 0.5) is 0 Å². The van der Waals surface area contributed by atoms with Crippen molar-refractivity contribution in [2.24, 2.45) is 0 Å². The molecule has 0 unspecified atom stereocenters. The monoisotopic (exact) mass is 255 g/mol. The second-order valence-electron chi connectivity index (χ2n) is 2.48. The second kappa shape index (κ2) is 7.74. The van der Waals surface area contributed by atoms with Crippen molar-refractivity contribution in [3.8, 4) is 0 Å². The number of aliphatic hydroxyl groups is 1. The summed E-state index contributed by atoms with van der Waals surface area (Å²) in [6.45, 7) is 0. The molecule has 0 atom stereocenters. The van der Waals surface area contributed by atoms with Crippen molar-refractivity contribution >= 4 is 17.9 Å². The zero-order valence-corrected chi connectivity index (χ0v) is 8.99. The van der Waals surface area contributed by atoms with Crippen LogP contribution in [0.2, 0.25) is 0 Å². The van der Waals surface area contributed by atoms with Crippen LogP contribution in [-0.4, -0.2) is 43.9 Å². The molecule has 0 aliphatic rings. The van der Waals surface area contributed by atoms with Crippen molar-refractivity contribution in [3.05, 3.63) is 0 Å². The third-order valence-electron chi connectivity index (χ3n) is 1.29. The predicted molar refractivity (Wildman–Crippen MR) is 38.2 cm³/mol. The van der Waals surface area contributed by atoms with Crippen LogP contribution in [0.3, 0.4) is 0 Å². The largest absolute Gasteiger partial charge is 1.00 e. The first kappa shape index (κ1) is 20.0. The van der Waals surface area contributed by atoms with Gasteiger partial charge in [-0.3, -0.25) is 9.59 Å². The number of rotatable bonds is 5. The first-order chi connectivity index (χ1) is 5.78. The van der Waals surface area contributed by atoms with Crippen molar-refractivity contribution in [1.82, 2.24) is 0 Å². The molecular weight excluding hydrogens is 246 g/mol. The van der Waals surface area contributed by atoms with E-state index in [1.165, 1.54) is 0 Å². The van der Waals surface area contributed by atoms with E-state index in [9.17, 15) is 14.4 Å². The number of carboxylic acids is 3. The van der Waals surface area contributed by atoms with Gasteiger partial charge in [-0.25, -0.2) is 4.79 Å². The van der Waals surface area contributed by atoms with E-state index in [0.717, 1.165) is 0 Å². The van der Waals surface area contributed by atoms with Crippen LogP contribution in [0.5, 0.6) is 0 Å². The molecule has 0 heterocycles. The molecule has 0 rings (SSSR count). The van der Waals surface area contributed by atoms with Gasteiger partial charge < -0.3 is 21.9 Å². The van der Waals surface area contributed by atoms with E-state index < -0.39 is 36.4 Å². The van der Waals surface area contributed by atoms with Crippen molar-refractivity contribution in [2.45, 2.75) is 18.4 Å². The number of hydrogen-bond acceptors (Lipinski definition) is 4. The van der Waals surface area contributed by atoms with Gasteiger partial charge in [-0.15, -0.1) is 0 Å². The summed E-state index contributed by atoms with van der Waals surface area (Å²) in [5.41, 5.74) is -2.74. The van der Waals surface area contributed by atoms with Crippen molar-refractivity contribution in [1.29, 1.82) is 0 Å². The van der Waals surface area contributed by atoms with Crippen molar-refractivity contribution in [2.75, 3.05) is 0 Å². The minimum Gasteiger partial charge on any atom is -1.00 e. The third kappa shape index (κ3) is 7.42. The van der Waals surface area contributed by atoms with Gasteiger partial charge in [-0.1, -0.05) is 0 Å². The Labute approximate surface area is 109 Å². The topological polar surface area (TPSA) is 132 Å². The van der Waals surface area contributed by atoms with Crippen LogP contribution in [0.15, 0.2) is 0 Å². The molecule has 0 aromatic carbocycles. The Morgan fingerprint density at radius 2 is 1.27 bits per heavy atom. The van der Waals surface area contributed by atoms with Gasteiger partial charge in [0.05, 0.1) is 12.8 Å². The standard InChI is InChI=1S/C6H8O7.Li.Mn.H/c7-3(8)1-6(13,5(11)12)2-4(9)10;;;/h13H,1-2H2,(H,7,8)(H,9,10)(H,11,12);;;/q;+1;;-1.